The Labute approximate surface area is 155 Å². The zero-order valence-electron chi connectivity index (χ0n) is 14.2. The molecule has 2 heterocycles. The maximum Gasteiger partial charge on any atom is 0.233 e. The van der Waals surface area contributed by atoms with E-state index in [2.05, 4.69) is 40.1 Å². The first-order chi connectivity index (χ1) is 12.1. The Morgan fingerprint density at radius 2 is 2.12 bits per heavy atom. The second-order valence-corrected chi connectivity index (χ2v) is 7.93. The van der Waals surface area contributed by atoms with E-state index in [0.29, 0.717) is 6.54 Å². The summed E-state index contributed by atoms with van der Waals surface area (Å²) in [6.07, 6.45) is 1.67. The third-order valence-electron chi connectivity index (χ3n) is 3.61. The SMILES string of the molecule is C=CCNC(=O)[C@H](C)Sc1nc(C)nc2sc(-c3ccccc3)cc12. The maximum atomic E-state index is 12.1. The number of benzene rings is 1. The number of nitrogens with one attached hydrogen (secondary N) is 1. The Morgan fingerprint density at radius 1 is 1.36 bits per heavy atom. The lowest BCUT2D eigenvalue weighted by Crippen LogP contribution is -2.30. The van der Waals surface area contributed by atoms with Crippen LogP contribution in [0.5, 0.6) is 0 Å². The Kier molecular flexibility index (Phi) is 5.50. The minimum Gasteiger partial charge on any atom is -0.352 e. The molecule has 0 saturated carbocycles. The van der Waals surface area contributed by atoms with Gasteiger partial charge >= 0.3 is 0 Å². The highest BCUT2D eigenvalue weighted by Gasteiger charge is 2.18. The molecule has 0 bridgehead atoms. The Hall–Kier alpha value is -2.18. The first kappa shape index (κ1) is 17.6. The lowest BCUT2D eigenvalue weighted by Gasteiger charge is -2.11. The van der Waals surface area contributed by atoms with Gasteiger partial charge < -0.3 is 5.32 Å². The standard InChI is InChI=1S/C19H19N3OS2/c1-4-10-20-17(23)12(2)24-18-15-11-16(14-8-6-5-7-9-14)25-19(15)22-13(3)21-18/h4-9,11-12H,1,10H2,2-3H3,(H,20,23)/t12-/m0/s1. The minimum absolute atomic E-state index is 0.0205. The number of thioether (sulfide) groups is 1. The van der Waals surface area contributed by atoms with Crippen molar-refractivity contribution in [2.45, 2.75) is 24.1 Å². The Bertz CT molecular complexity index is 906. The summed E-state index contributed by atoms with van der Waals surface area (Å²) < 4.78 is 0. The molecule has 0 saturated heterocycles. The molecule has 1 aromatic carbocycles. The van der Waals surface area contributed by atoms with Crippen molar-refractivity contribution in [2.24, 2.45) is 0 Å². The molecule has 2 aromatic heterocycles. The average molecular weight is 370 g/mol. The van der Waals surface area contributed by atoms with Crippen molar-refractivity contribution in [3.8, 4) is 10.4 Å². The van der Waals surface area contributed by atoms with Crippen LogP contribution in [0.15, 0.2) is 54.1 Å². The predicted molar refractivity (Wildman–Crippen MR) is 106 cm³/mol. The average Bonchev–Trinajstić information content (AvgIpc) is 3.04. The summed E-state index contributed by atoms with van der Waals surface area (Å²) in [5, 5.41) is 4.44. The Morgan fingerprint density at radius 3 is 2.84 bits per heavy atom. The van der Waals surface area contributed by atoms with Gasteiger partial charge in [0.15, 0.2) is 0 Å². The number of carbonyl (C=O) groups is 1. The molecule has 0 aliphatic rings. The number of thiophene rings is 1. The molecule has 1 amide bonds. The molecule has 3 aromatic rings. The van der Waals surface area contributed by atoms with Crippen LogP contribution in [0.3, 0.4) is 0 Å². The van der Waals surface area contributed by atoms with Crippen molar-refractivity contribution in [1.82, 2.24) is 15.3 Å². The Balaban J connectivity index is 1.93. The van der Waals surface area contributed by atoms with E-state index in [1.807, 2.05) is 32.0 Å². The molecular weight excluding hydrogens is 350 g/mol. The van der Waals surface area contributed by atoms with E-state index in [-0.39, 0.29) is 11.2 Å². The van der Waals surface area contributed by atoms with E-state index < -0.39 is 0 Å². The molecule has 6 heteroatoms. The van der Waals surface area contributed by atoms with Crippen LogP contribution in [0.2, 0.25) is 0 Å². The highest BCUT2D eigenvalue weighted by atomic mass is 32.2. The van der Waals surface area contributed by atoms with Gasteiger partial charge in [-0.1, -0.05) is 48.2 Å². The van der Waals surface area contributed by atoms with Crippen LogP contribution >= 0.6 is 23.1 Å². The topological polar surface area (TPSA) is 54.9 Å². The second kappa shape index (κ2) is 7.80. The van der Waals surface area contributed by atoms with Crippen LogP contribution in [0.25, 0.3) is 20.7 Å². The lowest BCUT2D eigenvalue weighted by molar-refractivity contribution is -0.120. The number of rotatable bonds is 6. The number of aryl methyl sites for hydroxylation is 1. The summed E-state index contributed by atoms with van der Waals surface area (Å²) in [4.78, 5) is 23.4. The van der Waals surface area contributed by atoms with Crippen molar-refractivity contribution in [2.75, 3.05) is 6.54 Å². The predicted octanol–water partition coefficient (Wildman–Crippen LogP) is 4.45. The molecule has 1 atom stereocenters. The number of fused-ring (bicyclic) bond motifs is 1. The van der Waals surface area contributed by atoms with Gasteiger partial charge in [0.2, 0.25) is 5.91 Å². The summed E-state index contributed by atoms with van der Waals surface area (Å²) in [5.41, 5.74) is 1.16. The van der Waals surface area contributed by atoms with Crippen molar-refractivity contribution in [1.29, 1.82) is 0 Å². The van der Waals surface area contributed by atoms with Gasteiger partial charge in [-0.3, -0.25) is 4.79 Å². The summed E-state index contributed by atoms with van der Waals surface area (Å²) in [7, 11) is 0. The maximum absolute atomic E-state index is 12.1. The summed E-state index contributed by atoms with van der Waals surface area (Å²) >= 11 is 3.11. The van der Waals surface area contributed by atoms with Crippen LogP contribution in [-0.4, -0.2) is 27.7 Å². The molecule has 0 aliphatic carbocycles. The van der Waals surface area contributed by atoms with Gasteiger partial charge in [0.05, 0.1) is 5.25 Å². The number of amides is 1. The molecule has 0 aliphatic heterocycles. The van der Waals surface area contributed by atoms with Crippen LogP contribution in [0.1, 0.15) is 12.7 Å². The molecule has 0 unspecified atom stereocenters. The van der Waals surface area contributed by atoms with Crippen molar-refractivity contribution < 1.29 is 4.79 Å². The second-order valence-electron chi connectivity index (χ2n) is 5.57. The molecule has 3 rings (SSSR count). The summed E-state index contributed by atoms with van der Waals surface area (Å²) in [5.74, 6) is 0.697. The molecule has 4 nitrogen and oxygen atoms in total. The molecule has 1 N–H and O–H groups in total. The van der Waals surface area contributed by atoms with E-state index >= 15 is 0 Å². The van der Waals surface area contributed by atoms with E-state index in [9.17, 15) is 4.79 Å². The third-order valence-corrected chi connectivity index (χ3v) is 5.79. The first-order valence-electron chi connectivity index (χ1n) is 7.97. The quantitative estimate of drug-likeness (QED) is 0.396. The minimum atomic E-state index is -0.238. The van der Waals surface area contributed by atoms with Gasteiger partial charge in [-0.2, -0.15) is 0 Å². The molecule has 25 heavy (non-hydrogen) atoms. The molecule has 128 valence electrons. The van der Waals surface area contributed by atoms with Crippen LogP contribution in [0.4, 0.5) is 0 Å². The highest BCUT2D eigenvalue weighted by Crippen LogP contribution is 2.37. The van der Waals surface area contributed by atoms with Crippen LogP contribution in [-0.2, 0) is 4.79 Å². The zero-order chi connectivity index (χ0) is 17.8. The van der Waals surface area contributed by atoms with E-state index in [1.54, 1.807) is 17.4 Å². The number of aromatic nitrogens is 2. The fraction of sp³-hybridized carbons (Fsp3) is 0.211. The molecule has 0 spiro atoms. The molecule has 0 fully saturated rings. The fourth-order valence-electron chi connectivity index (χ4n) is 2.37. The summed E-state index contributed by atoms with van der Waals surface area (Å²) in [6, 6.07) is 12.3. The largest absolute Gasteiger partial charge is 0.352 e. The van der Waals surface area contributed by atoms with E-state index in [0.717, 1.165) is 31.5 Å². The number of hydrogen-bond acceptors (Lipinski definition) is 5. The van der Waals surface area contributed by atoms with E-state index in [1.165, 1.54) is 11.8 Å². The van der Waals surface area contributed by atoms with Crippen molar-refractivity contribution in [3.05, 3.63) is 54.9 Å². The van der Waals surface area contributed by atoms with Crippen molar-refractivity contribution in [3.63, 3.8) is 0 Å². The van der Waals surface area contributed by atoms with Gasteiger partial charge in [-0.05, 0) is 25.5 Å². The van der Waals surface area contributed by atoms with Crippen LogP contribution in [0, 0.1) is 6.92 Å². The number of hydrogen-bond donors (Lipinski definition) is 1. The van der Waals surface area contributed by atoms with Crippen LogP contribution < -0.4 is 5.32 Å². The molecular formula is C19H19N3OS2. The smallest absolute Gasteiger partial charge is 0.233 e. The number of carbonyl (C=O) groups excluding carboxylic acids is 1. The summed E-state index contributed by atoms with van der Waals surface area (Å²) in [6.45, 7) is 7.86. The third kappa shape index (κ3) is 4.08. The normalized spacial score (nSPS) is 12.1. The lowest BCUT2D eigenvalue weighted by atomic mass is 10.2. The van der Waals surface area contributed by atoms with Gasteiger partial charge in [-0.25, -0.2) is 9.97 Å². The first-order valence-corrected chi connectivity index (χ1v) is 9.67. The number of nitrogens with zero attached hydrogens (tertiary/aromatic N) is 2. The van der Waals surface area contributed by atoms with Gasteiger partial charge in [0.1, 0.15) is 15.7 Å². The van der Waals surface area contributed by atoms with E-state index in [4.69, 9.17) is 0 Å². The zero-order valence-corrected chi connectivity index (χ0v) is 15.8. The monoisotopic (exact) mass is 369 g/mol. The van der Waals surface area contributed by atoms with Gasteiger partial charge in [0.25, 0.3) is 0 Å². The molecule has 0 radical (unpaired) electrons. The fourth-order valence-corrected chi connectivity index (χ4v) is 4.51. The van der Waals surface area contributed by atoms with Gasteiger partial charge in [0, 0.05) is 16.8 Å². The van der Waals surface area contributed by atoms with Gasteiger partial charge in [-0.15, -0.1) is 17.9 Å². The highest BCUT2D eigenvalue weighted by molar-refractivity contribution is 8.00. The van der Waals surface area contributed by atoms with Crippen molar-refractivity contribution >= 4 is 39.2 Å².